The third kappa shape index (κ3) is 4.13. The van der Waals surface area contributed by atoms with Crippen LogP contribution in [0.25, 0.3) is 0 Å². The molecule has 0 aromatic heterocycles. The lowest BCUT2D eigenvalue weighted by Crippen LogP contribution is -2.04. The third-order valence-corrected chi connectivity index (χ3v) is 3.86. The molecule has 0 saturated heterocycles. The van der Waals surface area contributed by atoms with E-state index in [0.29, 0.717) is 16.7 Å². The highest BCUT2D eigenvalue weighted by atomic mass is 35.5. The Morgan fingerprint density at radius 2 is 1.60 bits per heavy atom. The smallest absolute Gasteiger partial charge is 0.0841 e. The predicted molar refractivity (Wildman–Crippen MR) is 85.7 cm³/mol. The summed E-state index contributed by atoms with van der Waals surface area (Å²) in [6, 6.07) is 13.1. The van der Waals surface area contributed by atoms with Crippen molar-refractivity contribution in [3.63, 3.8) is 0 Å². The molecule has 106 valence electrons. The molecule has 0 fully saturated rings. The van der Waals surface area contributed by atoms with E-state index in [1.54, 1.807) is 6.07 Å². The van der Waals surface area contributed by atoms with Crippen molar-refractivity contribution in [2.24, 2.45) is 0 Å². The molecule has 0 bridgehead atoms. The lowest BCUT2D eigenvalue weighted by Gasteiger charge is -2.18. The maximum absolute atomic E-state index is 6.22. The van der Waals surface area contributed by atoms with Crippen LogP contribution < -0.4 is 0 Å². The molecule has 2 aromatic rings. The van der Waals surface area contributed by atoms with Gasteiger partial charge in [0.25, 0.3) is 0 Å². The van der Waals surface area contributed by atoms with E-state index in [9.17, 15) is 0 Å². The van der Waals surface area contributed by atoms with Crippen LogP contribution >= 0.6 is 34.8 Å². The number of hydrogen-bond donors (Lipinski definition) is 0. The zero-order chi connectivity index (χ0) is 14.5. The van der Waals surface area contributed by atoms with Crippen molar-refractivity contribution in [1.29, 1.82) is 0 Å². The van der Waals surface area contributed by atoms with Crippen molar-refractivity contribution in [3.05, 3.63) is 68.7 Å². The third-order valence-electron chi connectivity index (χ3n) is 3.04. The molecule has 0 spiro atoms. The van der Waals surface area contributed by atoms with Crippen molar-refractivity contribution in [1.82, 2.24) is 0 Å². The highest BCUT2D eigenvalue weighted by Crippen LogP contribution is 2.31. The molecule has 1 unspecified atom stereocenters. The zero-order valence-corrected chi connectivity index (χ0v) is 13.3. The Bertz CT molecular complexity index is 566. The minimum Gasteiger partial charge on any atom is -0.369 e. The Kier molecular flexibility index (Phi) is 5.74. The van der Waals surface area contributed by atoms with Crippen LogP contribution in [0.5, 0.6) is 0 Å². The van der Waals surface area contributed by atoms with Gasteiger partial charge in [-0.15, -0.1) is 0 Å². The molecule has 0 radical (unpaired) electrons. The average molecular weight is 330 g/mol. The molecule has 2 rings (SSSR count). The molecule has 1 nitrogen and oxygen atoms in total. The lowest BCUT2D eigenvalue weighted by atomic mass is 10.1. The average Bonchev–Trinajstić information content (AvgIpc) is 2.43. The summed E-state index contributed by atoms with van der Waals surface area (Å²) in [5.41, 5.74) is 2.05. The van der Waals surface area contributed by atoms with Crippen LogP contribution in [0.4, 0.5) is 0 Å². The Morgan fingerprint density at radius 3 is 2.20 bits per heavy atom. The second-order valence-electron chi connectivity index (χ2n) is 4.50. The molecule has 0 heterocycles. The van der Waals surface area contributed by atoms with Gasteiger partial charge in [-0.25, -0.2) is 0 Å². The number of benzene rings is 2. The Hall–Kier alpha value is -0.730. The minimum absolute atomic E-state index is 0.0459. The monoisotopic (exact) mass is 328 g/mol. The Labute approximate surface area is 134 Å². The highest BCUT2D eigenvalue weighted by molar-refractivity contribution is 6.35. The van der Waals surface area contributed by atoms with Crippen LogP contribution in [-0.4, -0.2) is 0 Å². The fraction of sp³-hybridized carbons (Fsp3) is 0.250. The van der Waals surface area contributed by atoms with Gasteiger partial charge in [-0.3, -0.25) is 0 Å². The van der Waals surface area contributed by atoms with E-state index in [1.807, 2.05) is 36.4 Å². The molecule has 20 heavy (non-hydrogen) atoms. The van der Waals surface area contributed by atoms with E-state index in [4.69, 9.17) is 39.5 Å². The normalized spacial score (nSPS) is 12.4. The van der Waals surface area contributed by atoms with Gasteiger partial charge >= 0.3 is 0 Å². The fourth-order valence-corrected chi connectivity index (χ4v) is 2.62. The SMILES string of the molecule is CCC(OCc1ccc(Cl)cc1)c1ccc(Cl)cc1Cl. The first-order chi connectivity index (χ1) is 9.60. The Morgan fingerprint density at radius 1 is 0.950 bits per heavy atom. The van der Waals surface area contributed by atoms with Crippen molar-refractivity contribution < 1.29 is 4.74 Å². The van der Waals surface area contributed by atoms with Crippen molar-refractivity contribution >= 4 is 34.8 Å². The summed E-state index contributed by atoms with van der Waals surface area (Å²) in [4.78, 5) is 0. The van der Waals surface area contributed by atoms with E-state index < -0.39 is 0 Å². The van der Waals surface area contributed by atoms with Gasteiger partial charge in [-0.1, -0.05) is 59.9 Å². The standard InChI is InChI=1S/C16H15Cl3O/c1-2-16(14-8-7-13(18)9-15(14)19)20-10-11-3-5-12(17)6-4-11/h3-9,16H,2,10H2,1H3. The van der Waals surface area contributed by atoms with Crippen LogP contribution in [0.15, 0.2) is 42.5 Å². The van der Waals surface area contributed by atoms with Gasteiger partial charge in [0.15, 0.2) is 0 Å². The van der Waals surface area contributed by atoms with Crippen molar-refractivity contribution in [3.8, 4) is 0 Å². The summed E-state index contributed by atoms with van der Waals surface area (Å²) >= 11 is 18.0. The second kappa shape index (κ2) is 7.33. The largest absolute Gasteiger partial charge is 0.369 e. The quantitative estimate of drug-likeness (QED) is 0.624. The van der Waals surface area contributed by atoms with Crippen LogP contribution in [0.2, 0.25) is 15.1 Å². The van der Waals surface area contributed by atoms with E-state index in [2.05, 4.69) is 6.92 Å². The summed E-state index contributed by atoms with van der Waals surface area (Å²) in [5, 5.41) is 1.99. The number of ether oxygens (including phenoxy) is 1. The fourth-order valence-electron chi connectivity index (χ4n) is 1.97. The molecule has 1 atom stereocenters. The van der Waals surface area contributed by atoms with Gasteiger partial charge in [0, 0.05) is 15.1 Å². The lowest BCUT2D eigenvalue weighted by molar-refractivity contribution is 0.0372. The van der Waals surface area contributed by atoms with Crippen molar-refractivity contribution in [2.75, 3.05) is 0 Å². The van der Waals surface area contributed by atoms with E-state index in [1.165, 1.54) is 0 Å². The maximum atomic E-state index is 6.22. The van der Waals surface area contributed by atoms with Crippen molar-refractivity contribution in [2.45, 2.75) is 26.1 Å². The van der Waals surface area contributed by atoms with E-state index >= 15 is 0 Å². The topological polar surface area (TPSA) is 9.23 Å². The molecule has 0 amide bonds. The summed E-state index contributed by atoms with van der Waals surface area (Å²) < 4.78 is 5.95. The van der Waals surface area contributed by atoms with Crippen LogP contribution in [0.1, 0.15) is 30.6 Å². The van der Waals surface area contributed by atoms with Crippen LogP contribution in [0, 0.1) is 0 Å². The van der Waals surface area contributed by atoms with Gasteiger partial charge in [0.2, 0.25) is 0 Å². The molecular formula is C16H15Cl3O. The molecule has 0 aliphatic heterocycles. The molecular weight excluding hydrogens is 315 g/mol. The molecule has 4 heteroatoms. The minimum atomic E-state index is -0.0459. The molecule has 0 N–H and O–H groups in total. The van der Waals surface area contributed by atoms with Gasteiger partial charge in [-0.05, 0) is 41.8 Å². The van der Waals surface area contributed by atoms with Gasteiger partial charge in [-0.2, -0.15) is 0 Å². The highest BCUT2D eigenvalue weighted by Gasteiger charge is 2.14. The van der Waals surface area contributed by atoms with Gasteiger partial charge in [0.1, 0.15) is 0 Å². The van der Waals surface area contributed by atoms with Gasteiger partial charge in [0.05, 0.1) is 12.7 Å². The van der Waals surface area contributed by atoms with Crippen LogP contribution in [0.3, 0.4) is 0 Å². The zero-order valence-electron chi connectivity index (χ0n) is 11.1. The van der Waals surface area contributed by atoms with E-state index in [0.717, 1.165) is 22.6 Å². The summed E-state index contributed by atoms with van der Waals surface area (Å²) in [5.74, 6) is 0. The second-order valence-corrected chi connectivity index (χ2v) is 5.78. The summed E-state index contributed by atoms with van der Waals surface area (Å²) in [6.07, 6.45) is 0.796. The van der Waals surface area contributed by atoms with E-state index in [-0.39, 0.29) is 6.10 Å². The van der Waals surface area contributed by atoms with Crippen LogP contribution in [-0.2, 0) is 11.3 Å². The first-order valence-electron chi connectivity index (χ1n) is 6.41. The number of halogens is 3. The summed E-state index contributed by atoms with van der Waals surface area (Å²) in [7, 11) is 0. The number of rotatable bonds is 5. The first-order valence-corrected chi connectivity index (χ1v) is 7.54. The molecule has 0 saturated carbocycles. The maximum Gasteiger partial charge on any atom is 0.0841 e. The molecule has 0 aliphatic carbocycles. The summed E-state index contributed by atoms with van der Waals surface area (Å²) in [6.45, 7) is 2.59. The predicted octanol–water partition coefficient (Wildman–Crippen LogP) is 6.31. The van der Waals surface area contributed by atoms with Gasteiger partial charge < -0.3 is 4.74 Å². The molecule has 0 aliphatic rings. The molecule has 2 aromatic carbocycles. The number of hydrogen-bond acceptors (Lipinski definition) is 1. The Balaban J connectivity index is 2.07. The first kappa shape index (κ1) is 15.7.